The van der Waals surface area contributed by atoms with Gasteiger partial charge in [0, 0.05) is 12.7 Å². The number of anilines is 1. The van der Waals surface area contributed by atoms with Crippen LogP contribution in [0.1, 0.15) is 19.8 Å². The van der Waals surface area contributed by atoms with Crippen molar-refractivity contribution in [3.63, 3.8) is 0 Å². The summed E-state index contributed by atoms with van der Waals surface area (Å²) in [5.74, 6) is 0. The van der Waals surface area contributed by atoms with E-state index in [1.807, 2.05) is 6.92 Å². The highest BCUT2D eigenvalue weighted by atomic mass is 79.9. The van der Waals surface area contributed by atoms with E-state index in [9.17, 15) is 9.90 Å². The van der Waals surface area contributed by atoms with Gasteiger partial charge in [-0.05, 0) is 28.8 Å². The predicted octanol–water partition coefficient (Wildman–Crippen LogP) is 2.78. The van der Waals surface area contributed by atoms with E-state index in [0.717, 1.165) is 0 Å². The SMILES string of the molecule is CCC(O)CCNC(=O)Nc1cncc(Br)c1Cl. The number of amides is 2. The van der Waals surface area contributed by atoms with Gasteiger partial charge in [0.2, 0.25) is 0 Å². The smallest absolute Gasteiger partial charge is 0.319 e. The summed E-state index contributed by atoms with van der Waals surface area (Å²) in [7, 11) is 0. The van der Waals surface area contributed by atoms with Crippen LogP contribution in [0.2, 0.25) is 5.02 Å². The van der Waals surface area contributed by atoms with Gasteiger partial charge < -0.3 is 15.7 Å². The molecule has 7 heteroatoms. The molecule has 0 saturated carbocycles. The zero-order valence-corrected chi connectivity index (χ0v) is 12.3. The van der Waals surface area contributed by atoms with Crippen LogP contribution in [0.3, 0.4) is 0 Å². The van der Waals surface area contributed by atoms with E-state index >= 15 is 0 Å². The molecule has 1 aromatic rings. The van der Waals surface area contributed by atoms with Gasteiger partial charge in [-0.15, -0.1) is 0 Å². The third kappa shape index (κ3) is 4.80. The maximum atomic E-state index is 11.5. The molecule has 0 spiro atoms. The minimum absolute atomic E-state index is 0.375. The van der Waals surface area contributed by atoms with Crippen molar-refractivity contribution in [1.29, 1.82) is 0 Å². The molecular formula is C11H15BrClN3O2. The average molecular weight is 337 g/mol. The summed E-state index contributed by atoms with van der Waals surface area (Å²) in [5.41, 5.74) is 0.430. The summed E-state index contributed by atoms with van der Waals surface area (Å²) in [6.07, 6.45) is 3.82. The number of hydrogen-bond acceptors (Lipinski definition) is 3. The van der Waals surface area contributed by atoms with E-state index in [4.69, 9.17) is 11.6 Å². The normalized spacial score (nSPS) is 12.0. The zero-order chi connectivity index (χ0) is 13.5. The summed E-state index contributed by atoms with van der Waals surface area (Å²) >= 11 is 9.19. The van der Waals surface area contributed by atoms with Crippen LogP contribution < -0.4 is 10.6 Å². The second-order valence-electron chi connectivity index (χ2n) is 3.71. The Morgan fingerprint density at radius 3 is 3.00 bits per heavy atom. The van der Waals surface area contributed by atoms with E-state index in [2.05, 4.69) is 31.5 Å². The van der Waals surface area contributed by atoms with Crippen LogP contribution in [-0.4, -0.2) is 28.8 Å². The molecule has 1 rings (SSSR count). The van der Waals surface area contributed by atoms with Crippen molar-refractivity contribution in [1.82, 2.24) is 10.3 Å². The summed E-state index contributed by atoms with van der Waals surface area (Å²) < 4.78 is 0.614. The molecule has 1 aromatic heterocycles. The van der Waals surface area contributed by atoms with Crippen molar-refractivity contribution < 1.29 is 9.90 Å². The van der Waals surface area contributed by atoms with Crippen LogP contribution in [0.25, 0.3) is 0 Å². The van der Waals surface area contributed by atoms with Crippen molar-refractivity contribution in [2.24, 2.45) is 0 Å². The molecule has 100 valence electrons. The molecule has 1 heterocycles. The number of aromatic nitrogens is 1. The van der Waals surface area contributed by atoms with E-state index in [1.165, 1.54) is 6.20 Å². The van der Waals surface area contributed by atoms with Gasteiger partial charge in [0.05, 0.1) is 27.5 Å². The molecular weight excluding hydrogens is 321 g/mol. The quantitative estimate of drug-likeness (QED) is 0.774. The fourth-order valence-electron chi connectivity index (χ4n) is 1.23. The van der Waals surface area contributed by atoms with E-state index in [-0.39, 0.29) is 12.1 Å². The maximum Gasteiger partial charge on any atom is 0.319 e. The molecule has 3 N–H and O–H groups in total. The number of pyridine rings is 1. The number of halogens is 2. The third-order valence-electron chi connectivity index (χ3n) is 2.32. The first-order valence-corrected chi connectivity index (χ1v) is 6.73. The molecule has 0 fully saturated rings. The number of rotatable bonds is 5. The molecule has 0 aliphatic rings. The highest BCUT2D eigenvalue weighted by Crippen LogP contribution is 2.28. The number of carbonyl (C=O) groups excluding carboxylic acids is 1. The van der Waals surface area contributed by atoms with Crippen LogP contribution in [0.5, 0.6) is 0 Å². The van der Waals surface area contributed by atoms with Gasteiger partial charge in [-0.25, -0.2) is 4.79 Å². The first-order valence-electron chi connectivity index (χ1n) is 5.56. The summed E-state index contributed by atoms with van der Waals surface area (Å²) in [6, 6.07) is -0.375. The Morgan fingerprint density at radius 2 is 2.33 bits per heavy atom. The Morgan fingerprint density at radius 1 is 1.61 bits per heavy atom. The number of hydrogen-bond donors (Lipinski definition) is 3. The van der Waals surface area contributed by atoms with Crippen LogP contribution in [-0.2, 0) is 0 Å². The molecule has 0 aromatic carbocycles. The highest BCUT2D eigenvalue weighted by Gasteiger charge is 2.08. The molecule has 0 aliphatic carbocycles. The Kier molecular flexibility index (Phi) is 6.38. The van der Waals surface area contributed by atoms with Crippen molar-refractivity contribution in [2.75, 3.05) is 11.9 Å². The van der Waals surface area contributed by atoms with Crippen LogP contribution in [0, 0.1) is 0 Å². The molecule has 0 saturated heterocycles. The minimum atomic E-state index is -0.388. The number of nitrogens with one attached hydrogen (secondary N) is 2. The van der Waals surface area contributed by atoms with Gasteiger partial charge in [-0.3, -0.25) is 4.98 Å². The molecule has 18 heavy (non-hydrogen) atoms. The third-order valence-corrected chi connectivity index (χ3v) is 3.56. The number of carbonyl (C=O) groups is 1. The van der Waals surface area contributed by atoms with Crippen LogP contribution >= 0.6 is 27.5 Å². The minimum Gasteiger partial charge on any atom is -0.393 e. The van der Waals surface area contributed by atoms with E-state index in [0.29, 0.717) is 34.6 Å². The number of nitrogens with zero attached hydrogens (tertiary/aromatic N) is 1. The van der Waals surface area contributed by atoms with Gasteiger partial charge in [0.15, 0.2) is 0 Å². The van der Waals surface area contributed by atoms with Crippen molar-refractivity contribution in [3.05, 3.63) is 21.9 Å². The van der Waals surface area contributed by atoms with Gasteiger partial charge in [0.1, 0.15) is 0 Å². The Hall–Kier alpha value is -0.850. The lowest BCUT2D eigenvalue weighted by molar-refractivity contribution is 0.160. The molecule has 1 unspecified atom stereocenters. The zero-order valence-electron chi connectivity index (χ0n) is 9.91. The summed E-state index contributed by atoms with van der Waals surface area (Å²) in [4.78, 5) is 15.4. The lowest BCUT2D eigenvalue weighted by atomic mass is 10.2. The largest absolute Gasteiger partial charge is 0.393 e. The fourth-order valence-corrected chi connectivity index (χ4v) is 1.71. The molecule has 0 radical (unpaired) electrons. The van der Waals surface area contributed by atoms with Gasteiger partial charge in [0.25, 0.3) is 0 Å². The summed E-state index contributed by atoms with van der Waals surface area (Å²) in [5, 5.41) is 14.9. The molecule has 0 aliphatic heterocycles. The lowest BCUT2D eigenvalue weighted by Gasteiger charge is -2.11. The van der Waals surface area contributed by atoms with Gasteiger partial charge in [-0.1, -0.05) is 18.5 Å². The van der Waals surface area contributed by atoms with Crippen LogP contribution in [0.15, 0.2) is 16.9 Å². The topological polar surface area (TPSA) is 74.2 Å². The van der Waals surface area contributed by atoms with E-state index in [1.54, 1.807) is 6.20 Å². The first-order chi connectivity index (χ1) is 8.54. The standard InChI is InChI=1S/C11H15BrClN3O2/c1-2-7(17)3-4-15-11(18)16-9-6-14-5-8(12)10(9)13/h5-7,17H,2-4H2,1H3,(H2,15,16,18). The predicted molar refractivity (Wildman–Crippen MR) is 74.9 cm³/mol. The van der Waals surface area contributed by atoms with Gasteiger partial charge in [-0.2, -0.15) is 0 Å². The van der Waals surface area contributed by atoms with Gasteiger partial charge >= 0.3 is 6.03 Å². The first kappa shape index (κ1) is 15.2. The number of urea groups is 1. The molecule has 5 nitrogen and oxygen atoms in total. The van der Waals surface area contributed by atoms with Crippen LogP contribution in [0.4, 0.5) is 10.5 Å². The Labute approximate surface area is 119 Å². The second kappa shape index (κ2) is 7.56. The average Bonchev–Trinajstić information content (AvgIpc) is 2.34. The molecule has 1 atom stereocenters. The van der Waals surface area contributed by atoms with Crippen molar-refractivity contribution >= 4 is 39.2 Å². The highest BCUT2D eigenvalue weighted by molar-refractivity contribution is 9.10. The van der Waals surface area contributed by atoms with Crippen molar-refractivity contribution in [2.45, 2.75) is 25.9 Å². The number of aliphatic hydroxyl groups excluding tert-OH is 1. The number of aliphatic hydroxyl groups is 1. The fraction of sp³-hybridized carbons (Fsp3) is 0.455. The van der Waals surface area contributed by atoms with E-state index < -0.39 is 0 Å². The summed E-state index contributed by atoms with van der Waals surface area (Å²) in [6.45, 7) is 2.29. The second-order valence-corrected chi connectivity index (χ2v) is 4.95. The Balaban J connectivity index is 2.43. The molecule has 0 bridgehead atoms. The Bertz CT molecular complexity index is 417. The lowest BCUT2D eigenvalue weighted by Crippen LogP contribution is -2.31. The maximum absolute atomic E-state index is 11.5. The molecule has 2 amide bonds. The monoisotopic (exact) mass is 335 g/mol. The van der Waals surface area contributed by atoms with Crippen molar-refractivity contribution in [3.8, 4) is 0 Å².